The number of benzene rings is 1. The van der Waals surface area contributed by atoms with Gasteiger partial charge in [-0.25, -0.2) is 8.78 Å². The Balaban J connectivity index is 2.17. The Bertz CT molecular complexity index is 559. The van der Waals surface area contributed by atoms with Crippen molar-refractivity contribution in [3.8, 4) is 0 Å². The Morgan fingerprint density at radius 1 is 1.26 bits per heavy atom. The lowest BCUT2D eigenvalue weighted by Gasteiger charge is -2.26. The summed E-state index contributed by atoms with van der Waals surface area (Å²) in [7, 11) is 0. The maximum Gasteiger partial charge on any atom is 0.161 e. The minimum atomic E-state index is -0.541. The highest BCUT2D eigenvalue weighted by molar-refractivity contribution is 5.71. The van der Waals surface area contributed by atoms with Gasteiger partial charge in [0.2, 0.25) is 0 Å². The summed E-state index contributed by atoms with van der Waals surface area (Å²) in [5.74, 6) is -1.08. The number of fused-ring (bicyclic) bond motifs is 1. The summed E-state index contributed by atoms with van der Waals surface area (Å²) in [6, 6.07) is 3.95. The molecule has 2 nitrogen and oxygen atoms in total. The molecule has 1 fully saturated rings. The fourth-order valence-electron chi connectivity index (χ4n) is 2.58. The lowest BCUT2D eigenvalue weighted by atomic mass is 10.0. The predicted molar refractivity (Wildman–Crippen MR) is 69.1 cm³/mol. The quantitative estimate of drug-likeness (QED) is 0.761. The number of hydrogen-bond donors (Lipinski definition) is 0. The number of hydrogen-bond acceptors (Lipinski definition) is 2. The zero-order chi connectivity index (χ0) is 13.6. The second kappa shape index (κ2) is 4.46. The number of ether oxygens (including phenoxy) is 1. The van der Waals surface area contributed by atoms with Crippen LogP contribution in [0.1, 0.15) is 19.4 Å². The van der Waals surface area contributed by atoms with Crippen LogP contribution < -0.4 is 0 Å². The zero-order valence-electron chi connectivity index (χ0n) is 10.9. The average molecular weight is 263 g/mol. The highest BCUT2D eigenvalue weighted by atomic mass is 19.1. The molecule has 0 spiro atoms. The molecule has 0 bridgehead atoms. The SMILES string of the molecule is CCN1C(c2c(F)cccc2F)=C(C)C=CC2OC21. The number of halogens is 2. The third-order valence-corrected chi connectivity index (χ3v) is 3.55. The largest absolute Gasteiger partial charge is 0.343 e. The zero-order valence-corrected chi connectivity index (χ0v) is 10.9. The van der Waals surface area contributed by atoms with Crippen molar-refractivity contribution in [1.29, 1.82) is 0 Å². The van der Waals surface area contributed by atoms with E-state index in [0.29, 0.717) is 12.2 Å². The van der Waals surface area contributed by atoms with Gasteiger partial charge in [0, 0.05) is 6.54 Å². The molecule has 1 aromatic carbocycles. The standard InChI is InChI=1S/C15H15F2NO/c1-3-18-14(9(2)7-8-12-15(18)19-12)13-10(16)5-4-6-11(13)17/h4-8,12,15H,3H2,1-2H3. The van der Waals surface area contributed by atoms with E-state index < -0.39 is 11.6 Å². The number of allylic oxidation sites excluding steroid dienone is 2. The van der Waals surface area contributed by atoms with Gasteiger partial charge in [-0.05, 0) is 31.6 Å². The van der Waals surface area contributed by atoms with Crippen molar-refractivity contribution in [2.75, 3.05) is 6.54 Å². The van der Waals surface area contributed by atoms with Crippen LogP contribution in [-0.2, 0) is 4.74 Å². The van der Waals surface area contributed by atoms with Crippen LogP contribution >= 0.6 is 0 Å². The molecule has 0 amide bonds. The first-order valence-corrected chi connectivity index (χ1v) is 6.39. The molecule has 1 saturated heterocycles. The van der Waals surface area contributed by atoms with Crippen LogP contribution in [0.3, 0.4) is 0 Å². The van der Waals surface area contributed by atoms with E-state index in [1.807, 2.05) is 30.9 Å². The summed E-state index contributed by atoms with van der Waals surface area (Å²) >= 11 is 0. The minimum Gasteiger partial charge on any atom is -0.343 e. The van der Waals surface area contributed by atoms with E-state index in [-0.39, 0.29) is 17.9 Å². The maximum atomic E-state index is 14.0. The van der Waals surface area contributed by atoms with Crippen molar-refractivity contribution in [2.24, 2.45) is 0 Å². The summed E-state index contributed by atoms with van der Waals surface area (Å²) in [4.78, 5) is 1.92. The number of nitrogens with zero attached hydrogens (tertiary/aromatic N) is 1. The molecule has 0 radical (unpaired) electrons. The molecule has 2 atom stereocenters. The molecular weight excluding hydrogens is 248 g/mol. The van der Waals surface area contributed by atoms with Crippen molar-refractivity contribution in [3.05, 3.63) is 53.1 Å². The number of likely N-dealkylation sites (N-methyl/N-ethyl adjacent to an activating group) is 1. The van der Waals surface area contributed by atoms with E-state index >= 15 is 0 Å². The summed E-state index contributed by atoms with van der Waals surface area (Å²) < 4.78 is 33.6. The lowest BCUT2D eigenvalue weighted by Crippen LogP contribution is -2.27. The van der Waals surface area contributed by atoms with Crippen LogP contribution in [0.2, 0.25) is 0 Å². The lowest BCUT2D eigenvalue weighted by molar-refractivity contribution is 0.253. The Hall–Kier alpha value is -1.68. The average Bonchev–Trinajstić information content (AvgIpc) is 3.14. The smallest absolute Gasteiger partial charge is 0.161 e. The van der Waals surface area contributed by atoms with E-state index in [1.165, 1.54) is 18.2 Å². The highest BCUT2D eigenvalue weighted by Crippen LogP contribution is 2.39. The molecule has 2 heterocycles. The Labute approximate surface area is 111 Å². The molecule has 2 aliphatic rings. The second-order valence-corrected chi connectivity index (χ2v) is 4.76. The van der Waals surface area contributed by atoms with Gasteiger partial charge in [-0.15, -0.1) is 0 Å². The van der Waals surface area contributed by atoms with Crippen molar-refractivity contribution in [2.45, 2.75) is 26.2 Å². The van der Waals surface area contributed by atoms with Crippen molar-refractivity contribution in [3.63, 3.8) is 0 Å². The van der Waals surface area contributed by atoms with Gasteiger partial charge in [-0.2, -0.15) is 0 Å². The molecule has 100 valence electrons. The first-order chi connectivity index (χ1) is 9.13. The Kier molecular flexibility index (Phi) is 2.90. The van der Waals surface area contributed by atoms with Crippen LogP contribution in [0, 0.1) is 11.6 Å². The molecule has 2 aliphatic heterocycles. The third kappa shape index (κ3) is 1.96. The Morgan fingerprint density at radius 2 is 1.95 bits per heavy atom. The van der Waals surface area contributed by atoms with Crippen LogP contribution in [0.25, 0.3) is 5.70 Å². The molecule has 0 aliphatic carbocycles. The summed E-state index contributed by atoms with van der Waals surface area (Å²) in [5.41, 5.74) is 1.46. The fraction of sp³-hybridized carbons (Fsp3) is 0.333. The molecular formula is C15H15F2NO. The van der Waals surface area contributed by atoms with E-state index in [4.69, 9.17) is 4.74 Å². The topological polar surface area (TPSA) is 15.8 Å². The van der Waals surface area contributed by atoms with Gasteiger partial charge in [-0.1, -0.05) is 18.2 Å². The van der Waals surface area contributed by atoms with Crippen molar-refractivity contribution < 1.29 is 13.5 Å². The second-order valence-electron chi connectivity index (χ2n) is 4.76. The van der Waals surface area contributed by atoms with Gasteiger partial charge in [0.25, 0.3) is 0 Å². The Morgan fingerprint density at radius 3 is 2.58 bits per heavy atom. The molecule has 2 unspecified atom stereocenters. The van der Waals surface area contributed by atoms with E-state index in [1.54, 1.807) is 0 Å². The number of epoxide rings is 1. The van der Waals surface area contributed by atoms with Gasteiger partial charge in [0.05, 0.1) is 11.3 Å². The third-order valence-electron chi connectivity index (χ3n) is 3.55. The summed E-state index contributed by atoms with van der Waals surface area (Å²) in [6.45, 7) is 4.46. The summed E-state index contributed by atoms with van der Waals surface area (Å²) in [5, 5.41) is 0. The van der Waals surface area contributed by atoms with Crippen LogP contribution in [0.4, 0.5) is 8.78 Å². The van der Waals surface area contributed by atoms with Gasteiger partial charge in [0.1, 0.15) is 17.7 Å². The molecule has 1 aromatic rings. The monoisotopic (exact) mass is 263 g/mol. The van der Waals surface area contributed by atoms with Gasteiger partial charge < -0.3 is 9.64 Å². The van der Waals surface area contributed by atoms with Crippen LogP contribution in [0.15, 0.2) is 35.9 Å². The van der Waals surface area contributed by atoms with Crippen molar-refractivity contribution >= 4 is 5.70 Å². The maximum absolute atomic E-state index is 14.0. The van der Waals surface area contributed by atoms with E-state index in [0.717, 1.165) is 5.57 Å². The molecule has 3 rings (SSSR count). The molecule has 19 heavy (non-hydrogen) atoms. The first kappa shape index (κ1) is 12.4. The highest BCUT2D eigenvalue weighted by Gasteiger charge is 2.44. The normalized spacial score (nSPS) is 25.4. The molecule has 4 heteroatoms. The molecule has 0 saturated carbocycles. The fourth-order valence-corrected chi connectivity index (χ4v) is 2.58. The summed E-state index contributed by atoms with van der Waals surface area (Å²) in [6.07, 6.45) is 3.74. The molecule has 0 aromatic heterocycles. The van der Waals surface area contributed by atoms with E-state index in [2.05, 4.69) is 0 Å². The van der Waals surface area contributed by atoms with Gasteiger partial charge >= 0.3 is 0 Å². The first-order valence-electron chi connectivity index (χ1n) is 6.39. The van der Waals surface area contributed by atoms with Crippen LogP contribution in [-0.4, -0.2) is 23.8 Å². The predicted octanol–water partition coefficient (Wildman–Crippen LogP) is 3.31. The van der Waals surface area contributed by atoms with Crippen LogP contribution in [0.5, 0.6) is 0 Å². The molecule has 0 N–H and O–H groups in total. The number of rotatable bonds is 2. The van der Waals surface area contributed by atoms with Crippen molar-refractivity contribution in [1.82, 2.24) is 4.90 Å². The minimum absolute atomic E-state index is 0.0298. The van der Waals surface area contributed by atoms with Gasteiger partial charge in [0.15, 0.2) is 6.23 Å². The van der Waals surface area contributed by atoms with Gasteiger partial charge in [-0.3, -0.25) is 0 Å². The van der Waals surface area contributed by atoms with E-state index in [9.17, 15) is 8.78 Å².